The van der Waals surface area contributed by atoms with Crippen molar-refractivity contribution in [3.8, 4) is 11.5 Å². The molecule has 1 amide bonds. The largest absolute Gasteiger partial charge is 0.486 e. The third-order valence-corrected chi connectivity index (χ3v) is 3.90. The van der Waals surface area contributed by atoms with Crippen LogP contribution in [0, 0.1) is 0 Å². The second kappa shape index (κ2) is 6.75. The summed E-state index contributed by atoms with van der Waals surface area (Å²) in [5, 5.41) is 6.97. The number of ether oxygens (including phenoxy) is 2. The maximum atomic E-state index is 12.1. The SMILES string of the molecule is O=C(Nc1cnn(C[C@H]2COc3ccccc3O2)c1)c1ccc(=O)[nH]c1. The fourth-order valence-corrected chi connectivity index (χ4v) is 2.64. The summed E-state index contributed by atoms with van der Waals surface area (Å²) in [6, 6.07) is 10.3. The van der Waals surface area contributed by atoms with Crippen LogP contribution in [0.3, 0.4) is 0 Å². The molecule has 8 heteroatoms. The van der Waals surface area contributed by atoms with Crippen LogP contribution in [0.4, 0.5) is 5.69 Å². The molecule has 0 unspecified atom stereocenters. The molecule has 0 bridgehead atoms. The van der Waals surface area contributed by atoms with E-state index in [9.17, 15) is 9.59 Å². The number of anilines is 1. The van der Waals surface area contributed by atoms with E-state index in [1.807, 2.05) is 24.3 Å². The van der Waals surface area contributed by atoms with Crippen LogP contribution >= 0.6 is 0 Å². The number of fused-ring (bicyclic) bond motifs is 1. The fourth-order valence-electron chi connectivity index (χ4n) is 2.64. The van der Waals surface area contributed by atoms with Crippen molar-refractivity contribution in [1.82, 2.24) is 14.8 Å². The standard InChI is InChI=1S/C18H16N4O4/c23-17-6-5-12(7-19-17)18(24)21-13-8-20-22(9-13)10-14-11-25-15-3-1-2-4-16(15)26-14/h1-9,14H,10-11H2,(H,19,23)(H,21,24)/t14-/m0/s1. The number of aromatic amines is 1. The summed E-state index contributed by atoms with van der Waals surface area (Å²) in [5.74, 6) is 1.12. The summed E-state index contributed by atoms with van der Waals surface area (Å²) in [4.78, 5) is 25.7. The normalized spacial score (nSPS) is 15.5. The average molecular weight is 352 g/mol. The van der Waals surface area contributed by atoms with Crippen molar-refractivity contribution in [2.24, 2.45) is 0 Å². The molecule has 0 spiro atoms. The molecule has 1 aromatic carbocycles. The van der Waals surface area contributed by atoms with E-state index in [0.717, 1.165) is 5.75 Å². The van der Waals surface area contributed by atoms with Gasteiger partial charge in [0.05, 0.1) is 24.0 Å². The van der Waals surface area contributed by atoms with Gasteiger partial charge in [0.15, 0.2) is 17.6 Å². The first-order chi connectivity index (χ1) is 12.7. The Bertz CT molecular complexity index is 974. The number of nitrogens with zero attached hydrogens (tertiary/aromatic N) is 2. The third kappa shape index (κ3) is 3.44. The Hall–Kier alpha value is -3.55. The van der Waals surface area contributed by atoms with Crippen LogP contribution in [-0.4, -0.2) is 33.4 Å². The van der Waals surface area contributed by atoms with E-state index in [4.69, 9.17) is 9.47 Å². The van der Waals surface area contributed by atoms with E-state index in [1.165, 1.54) is 18.3 Å². The molecule has 2 aromatic heterocycles. The number of pyridine rings is 1. The Morgan fingerprint density at radius 2 is 2.12 bits per heavy atom. The van der Waals surface area contributed by atoms with Crippen molar-refractivity contribution in [1.29, 1.82) is 0 Å². The molecule has 2 N–H and O–H groups in total. The van der Waals surface area contributed by atoms with Gasteiger partial charge in [0.1, 0.15) is 6.61 Å². The highest BCUT2D eigenvalue weighted by atomic mass is 16.6. The quantitative estimate of drug-likeness (QED) is 0.744. The Labute approximate surface area is 148 Å². The first-order valence-electron chi connectivity index (χ1n) is 8.08. The Kier molecular flexibility index (Phi) is 4.14. The summed E-state index contributed by atoms with van der Waals surface area (Å²) in [6.07, 6.45) is 4.47. The van der Waals surface area contributed by atoms with Crippen molar-refractivity contribution < 1.29 is 14.3 Å². The van der Waals surface area contributed by atoms with Gasteiger partial charge < -0.3 is 19.8 Å². The Morgan fingerprint density at radius 1 is 1.27 bits per heavy atom. The van der Waals surface area contributed by atoms with Crippen molar-refractivity contribution in [3.63, 3.8) is 0 Å². The van der Waals surface area contributed by atoms with Gasteiger partial charge in [0, 0.05) is 18.5 Å². The van der Waals surface area contributed by atoms with Crippen LogP contribution in [0.25, 0.3) is 0 Å². The third-order valence-electron chi connectivity index (χ3n) is 3.90. The topological polar surface area (TPSA) is 98.2 Å². The van der Waals surface area contributed by atoms with E-state index in [1.54, 1.807) is 17.1 Å². The number of nitrogens with one attached hydrogen (secondary N) is 2. The lowest BCUT2D eigenvalue weighted by Crippen LogP contribution is -2.33. The van der Waals surface area contributed by atoms with Gasteiger partial charge in [-0.15, -0.1) is 0 Å². The average Bonchev–Trinajstić information content (AvgIpc) is 3.09. The van der Waals surface area contributed by atoms with E-state index in [0.29, 0.717) is 30.2 Å². The second-order valence-corrected chi connectivity index (χ2v) is 5.84. The number of carbonyl (C=O) groups is 1. The molecule has 0 saturated heterocycles. The number of amides is 1. The predicted molar refractivity (Wildman–Crippen MR) is 93.6 cm³/mol. The molecule has 0 fully saturated rings. The zero-order chi connectivity index (χ0) is 17.9. The summed E-state index contributed by atoms with van der Waals surface area (Å²) in [6.45, 7) is 0.915. The number of H-pyrrole nitrogens is 1. The van der Waals surface area contributed by atoms with Gasteiger partial charge in [-0.3, -0.25) is 14.3 Å². The van der Waals surface area contributed by atoms with Gasteiger partial charge in [0.2, 0.25) is 5.56 Å². The maximum absolute atomic E-state index is 12.1. The van der Waals surface area contributed by atoms with Gasteiger partial charge in [-0.25, -0.2) is 0 Å². The Balaban J connectivity index is 1.38. The van der Waals surface area contributed by atoms with Crippen LogP contribution in [0.5, 0.6) is 11.5 Å². The van der Waals surface area contributed by atoms with E-state index >= 15 is 0 Å². The van der Waals surface area contributed by atoms with Crippen molar-refractivity contribution in [2.45, 2.75) is 12.6 Å². The predicted octanol–water partition coefficient (Wildman–Crippen LogP) is 1.66. The van der Waals surface area contributed by atoms with Gasteiger partial charge in [-0.1, -0.05) is 12.1 Å². The summed E-state index contributed by atoms with van der Waals surface area (Å²) in [7, 11) is 0. The number of rotatable bonds is 4. The van der Waals surface area contributed by atoms with Crippen LogP contribution in [-0.2, 0) is 6.54 Å². The van der Waals surface area contributed by atoms with Crippen molar-refractivity contribution in [3.05, 3.63) is 70.9 Å². The highest BCUT2D eigenvalue weighted by Gasteiger charge is 2.21. The molecule has 0 radical (unpaired) electrons. The molecular formula is C18H16N4O4. The lowest BCUT2D eigenvalue weighted by molar-refractivity contribution is 0.0759. The van der Waals surface area contributed by atoms with Crippen molar-refractivity contribution >= 4 is 11.6 Å². The van der Waals surface area contributed by atoms with Gasteiger partial charge >= 0.3 is 0 Å². The molecular weight excluding hydrogens is 336 g/mol. The second-order valence-electron chi connectivity index (χ2n) is 5.84. The highest BCUT2D eigenvalue weighted by Crippen LogP contribution is 2.31. The lowest BCUT2D eigenvalue weighted by atomic mass is 10.2. The minimum absolute atomic E-state index is 0.174. The summed E-state index contributed by atoms with van der Waals surface area (Å²) in [5.41, 5.74) is 0.655. The van der Waals surface area contributed by atoms with E-state index in [-0.39, 0.29) is 17.6 Å². The molecule has 3 aromatic rings. The van der Waals surface area contributed by atoms with E-state index in [2.05, 4.69) is 15.4 Å². The van der Waals surface area contributed by atoms with E-state index < -0.39 is 0 Å². The minimum atomic E-state index is -0.327. The molecule has 1 aliphatic heterocycles. The number of para-hydroxylation sites is 2. The molecule has 4 rings (SSSR count). The zero-order valence-corrected chi connectivity index (χ0v) is 13.7. The maximum Gasteiger partial charge on any atom is 0.257 e. The number of hydrogen-bond donors (Lipinski definition) is 2. The lowest BCUT2D eigenvalue weighted by Gasteiger charge is -2.26. The Morgan fingerprint density at radius 3 is 2.92 bits per heavy atom. The van der Waals surface area contributed by atoms with Gasteiger partial charge in [-0.2, -0.15) is 5.10 Å². The first-order valence-corrected chi connectivity index (χ1v) is 8.08. The minimum Gasteiger partial charge on any atom is -0.486 e. The smallest absolute Gasteiger partial charge is 0.257 e. The summed E-state index contributed by atoms with van der Waals surface area (Å²) >= 11 is 0. The number of benzene rings is 1. The molecule has 132 valence electrons. The molecule has 1 aliphatic rings. The zero-order valence-electron chi connectivity index (χ0n) is 13.7. The molecule has 0 saturated carbocycles. The molecule has 0 aliphatic carbocycles. The molecule has 8 nitrogen and oxygen atoms in total. The van der Waals surface area contributed by atoms with Crippen LogP contribution in [0.1, 0.15) is 10.4 Å². The fraction of sp³-hybridized carbons (Fsp3) is 0.167. The van der Waals surface area contributed by atoms with Crippen LogP contribution in [0.2, 0.25) is 0 Å². The molecule has 1 atom stereocenters. The molecule has 26 heavy (non-hydrogen) atoms. The monoisotopic (exact) mass is 352 g/mol. The highest BCUT2D eigenvalue weighted by molar-refractivity contribution is 6.03. The van der Waals surface area contributed by atoms with Crippen molar-refractivity contribution in [2.75, 3.05) is 11.9 Å². The van der Waals surface area contributed by atoms with Gasteiger partial charge in [-0.05, 0) is 18.2 Å². The van der Waals surface area contributed by atoms with Crippen LogP contribution in [0.15, 0.2) is 59.8 Å². The molecule has 3 heterocycles. The summed E-state index contributed by atoms with van der Waals surface area (Å²) < 4.78 is 13.3. The number of hydrogen-bond acceptors (Lipinski definition) is 5. The number of carbonyl (C=O) groups excluding carboxylic acids is 1. The first kappa shape index (κ1) is 15.9. The van der Waals surface area contributed by atoms with Crippen LogP contribution < -0.4 is 20.3 Å². The van der Waals surface area contributed by atoms with Gasteiger partial charge in [0.25, 0.3) is 5.91 Å². The number of aromatic nitrogens is 3.